The monoisotopic (exact) mass is 339 g/mol. The molecule has 0 saturated heterocycles. The van der Waals surface area contributed by atoms with Gasteiger partial charge in [0.05, 0.1) is 6.61 Å². The summed E-state index contributed by atoms with van der Waals surface area (Å²) in [5.41, 5.74) is 1.87. The Balaban J connectivity index is 1.78. The Morgan fingerprint density at radius 2 is 1.88 bits per heavy atom. The lowest BCUT2D eigenvalue weighted by atomic mass is 10.0. The third-order valence-corrected chi connectivity index (χ3v) is 4.38. The van der Waals surface area contributed by atoms with Crippen molar-refractivity contribution in [2.75, 3.05) is 18.1 Å². The van der Waals surface area contributed by atoms with Crippen LogP contribution in [0.5, 0.6) is 5.75 Å². The van der Waals surface area contributed by atoms with Crippen LogP contribution in [0.2, 0.25) is 0 Å². The summed E-state index contributed by atoms with van der Waals surface area (Å²) in [6.45, 7) is 2.91. The third kappa shape index (κ3) is 3.50. The molecule has 1 N–H and O–H groups in total. The van der Waals surface area contributed by atoms with Crippen molar-refractivity contribution in [2.45, 2.75) is 25.7 Å². The molecule has 3 rings (SSSR count). The average molecular weight is 339 g/mol. The van der Waals surface area contributed by atoms with E-state index in [4.69, 9.17) is 4.74 Å². The number of fused-ring (bicyclic) bond motifs is 1. The summed E-state index contributed by atoms with van der Waals surface area (Å²) in [5.74, 6) is -1.06. The number of rotatable bonds is 6. The van der Waals surface area contributed by atoms with E-state index in [0.29, 0.717) is 23.4 Å². The van der Waals surface area contributed by atoms with Crippen LogP contribution >= 0.6 is 0 Å². The van der Waals surface area contributed by atoms with E-state index in [2.05, 4.69) is 6.92 Å². The standard InChI is InChI=1S/C20H21NO4/c1-2-3-12-25-15-10-8-14(9-11-15)19(22)21-13-17(20(23)24)16-6-4-5-7-18(16)21/h4-11,17H,2-3,12-13H2,1H3,(H,23,24). The molecule has 0 aliphatic carbocycles. The van der Waals surface area contributed by atoms with Crippen molar-refractivity contribution in [1.29, 1.82) is 0 Å². The van der Waals surface area contributed by atoms with Gasteiger partial charge in [0.1, 0.15) is 11.7 Å². The predicted octanol–water partition coefficient (Wildman–Crippen LogP) is 3.69. The zero-order valence-electron chi connectivity index (χ0n) is 14.1. The van der Waals surface area contributed by atoms with Gasteiger partial charge < -0.3 is 14.7 Å². The van der Waals surface area contributed by atoms with Gasteiger partial charge in [-0.05, 0) is 42.3 Å². The van der Waals surface area contributed by atoms with Gasteiger partial charge >= 0.3 is 5.97 Å². The first-order valence-corrected chi connectivity index (χ1v) is 8.48. The number of para-hydroxylation sites is 1. The smallest absolute Gasteiger partial charge is 0.312 e. The lowest BCUT2D eigenvalue weighted by Gasteiger charge is -2.17. The van der Waals surface area contributed by atoms with E-state index in [9.17, 15) is 14.7 Å². The molecule has 1 atom stereocenters. The molecule has 130 valence electrons. The topological polar surface area (TPSA) is 66.8 Å². The molecule has 0 fully saturated rings. The van der Waals surface area contributed by atoms with Crippen molar-refractivity contribution in [3.8, 4) is 5.75 Å². The minimum Gasteiger partial charge on any atom is -0.494 e. The number of ether oxygens (including phenoxy) is 1. The molecule has 0 radical (unpaired) electrons. The van der Waals surface area contributed by atoms with Crippen LogP contribution in [0, 0.1) is 0 Å². The fourth-order valence-corrected chi connectivity index (χ4v) is 2.99. The highest BCUT2D eigenvalue weighted by Gasteiger charge is 2.36. The minimum absolute atomic E-state index is 0.155. The second-order valence-corrected chi connectivity index (χ2v) is 6.09. The van der Waals surface area contributed by atoms with E-state index in [0.717, 1.165) is 18.6 Å². The Kier molecular flexibility index (Phi) is 5.03. The Morgan fingerprint density at radius 1 is 1.16 bits per heavy atom. The maximum Gasteiger partial charge on any atom is 0.312 e. The SMILES string of the molecule is CCCCOc1ccc(C(=O)N2CC(C(=O)O)c3ccccc32)cc1. The number of carbonyl (C=O) groups is 2. The number of hydrogen-bond acceptors (Lipinski definition) is 3. The molecule has 1 aliphatic heterocycles. The van der Waals surface area contributed by atoms with Gasteiger partial charge in [-0.1, -0.05) is 31.5 Å². The molecule has 1 amide bonds. The summed E-state index contributed by atoms with van der Waals surface area (Å²) in [7, 11) is 0. The van der Waals surface area contributed by atoms with Gasteiger partial charge in [0, 0.05) is 17.8 Å². The third-order valence-electron chi connectivity index (χ3n) is 4.38. The number of nitrogens with zero attached hydrogens (tertiary/aromatic N) is 1. The number of aliphatic carboxylic acids is 1. The minimum atomic E-state index is -0.914. The predicted molar refractivity (Wildman–Crippen MR) is 95.3 cm³/mol. The Bertz CT molecular complexity index is 770. The van der Waals surface area contributed by atoms with Crippen molar-refractivity contribution >= 4 is 17.6 Å². The molecule has 2 aromatic carbocycles. The number of anilines is 1. The van der Waals surface area contributed by atoms with Gasteiger partial charge in [-0.15, -0.1) is 0 Å². The highest BCUT2D eigenvalue weighted by atomic mass is 16.5. The summed E-state index contributed by atoms with van der Waals surface area (Å²) < 4.78 is 5.61. The summed E-state index contributed by atoms with van der Waals surface area (Å²) >= 11 is 0. The van der Waals surface area contributed by atoms with Crippen LogP contribution in [0.1, 0.15) is 41.6 Å². The average Bonchev–Trinajstić information content (AvgIpc) is 3.02. The first-order valence-electron chi connectivity index (χ1n) is 8.48. The number of hydrogen-bond donors (Lipinski definition) is 1. The fourth-order valence-electron chi connectivity index (χ4n) is 2.99. The summed E-state index contributed by atoms with van der Waals surface area (Å²) in [5, 5.41) is 9.41. The number of carboxylic acid groups (broad SMARTS) is 1. The molecule has 0 bridgehead atoms. The van der Waals surface area contributed by atoms with Crippen molar-refractivity contribution in [1.82, 2.24) is 0 Å². The van der Waals surface area contributed by atoms with Crippen LogP contribution in [-0.4, -0.2) is 30.1 Å². The van der Waals surface area contributed by atoms with Gasteiger partial charge in [-0.25, -0.2) is 0 Å². The van der Waals surface area contributed by atoms with Gasteiger partial charge in [0.25, 0.3) is 5.91 Å². The quantitative estimate of drug-likeness (QED) is 0.815. The number of carbonyl (C=O) groups excluding carboxylic acids is 1. The van der Waals surface area contributed by atoms with Gasteiger partial charge in [0.15, 0.2) is 0 Å². The molecule has 1 aliphatic rings. The Hall–Kier alpha value is -2.82. The highest BCUT2D eigenvalue weighted by Crippen LogP contribution is 2.37. The van der Waals surface area contributed by atoms with Crippen LogP contribution < -0.4 is 9.64 Å². The molecule has 1 unspecified atom stereocenters. The van der Waals surface area contributed by atoms with Gasteiger partial charge in [-0.3, -0.25) is 9.59 Å². The van der Waals surface area contributed by atoms with Crippen LogP contribution in [0.4, 0.5) is 5.69 Å². The van der Waals surface area contributed by atoms with E-state index < -0.39 is 11.9 Å². The number of benzene rings is 2. The zero-order valence-corrected chi connectivity index (χ0v) is 14.1. The summed E-state index contributed by atoms with van der Waals surface area (Å²) in [6, 6.07) is 14.2. The first-order chi connectivity index (χ1) is 12.1. The normalized spacial score (nSPS) is 15.7. The molecule has 0 aromatic heterocycles. The molecular formula is C20H21NO4. The van der Waals surface area contributed by atoms with Crippen LogP contribution in [0.15, 0.2) is 48.5 Å². The largest absolute Gasteiger partial charge is 0.494 e. The van der Waals surface area contributed by atoms with Crippen LogP contribution in [-0.2, 0) is 4.79 Å². The van der Waals surface area contributed by atoms with E-state index in [1.165, 1.54) is 0 Å². The molecule has 25 heavy (non-hydrogen) atoms. The molecule has 0 saturated carbocycles. The maximum atomic E-state index is 12.8. The molecule has 5 heteroatoms. The Labute approximate surface area is 146 Å². The Morgan fingerprint density at radius 3 is 2.56 bits per heavy atom. The van der Waals surface area contributed by atoms with E-state index >= 15 is 0 Å². The van der Waals surface area contributed by atoms with E-state index in [1.807, 2.05) is 6.07 Å². The van der Waals surface area contributed by atoms with Crippen molar-refractivity contribution < 1.29 is 19.4 Å². The molecular weight excluding hydrogens is 318 g/mol. The van der Waals surface area contributed by atoms with Crippen molar-refractivity contribution in [2.24, 2.45) is 0 Å². The molecule has 5 nitrogen and oxygen atoms in total. The maximum absolute atomic E-state index is 12.8. The highest BCUT2D eigenvalue weighted by molar-refractivity contribution is 6.08. The second kappa shape index (κ2) is 7.38. The van der Waals surface area contributed by atoms with E-state index in [-0.39, 0.29) is 12.5 Å². The van der Waals surface area contributed by atoms with Gasteiger partial charge in [0.2, 0.25) is 0 Å². The van der Waals surface area contributed by atoms with Crippen LogP contribution in [0.3, 0.4) is 0 Å². The van der Waals surface area contributed by atoms with Crippen LogP contribution in [0.25, 0.3) is 0 Å². The number of amides is 1. The first kappa shape index (κ1) is 17.0. The van der Waals surface area contributed by atoms with Gasteiger partial charge in [-0.2, -0.15) is 0 Å². The van der Waals surface area contributed by atoms with Crippen molar-refractivity contribution in [3.63, 3.8) is 0 Å². The zero-order chi connectivity index (χ0) is 17.8. The molecule has 0 spiro atoms. The molecule has 1 heterocycles. The lowest BCUT2D eigenvalue weighted by Crippen LogP contribution is -2.31. The van der Waals surface area contributed by atoms with Crippen molar-refractivity contribution in [3.05, 3.63) is 59.7 Å². The summed E-state index contributed by atoms with van der Waals surface area (Å²) in [6.07, 6.45) is 2.05. The number of carboxylic acids is 1. The summed E-state index contributed by atoms with van der Waals surface area (Å²) in [4.78, 5) is 25.9. The van der Waals surface area contributed by atoms with E-state index in [1.54, 1.807) is 47.4 Å². The second-order valence-electron chi connectivity index (χ2n) is 6.09. The fraction of sp³-hybridized carbons (Fsp3) is 0.300. The lowest BCUT2D eigenvalue weighted by molar-refractivity contribution is -0.138. The molecule has 2 aromatic rings. The number of unbranched alkanes of at least 4 members (excludes halogenated alkanes) is 1.